The standard InChI is InChI=1S/C19H25N3O2S/c1-6-18(24-5)14-7-8-17(23-4)10-15(9-14)20-11-16-12-25-19(22-16)21-13(2)3/h6-13,15H,1-5H3,(H,21,22)/b18-6+,20-11?. The van der Waals surface area contributed by atoms with Crippen molar-refractivity contribution in [3.05, 3.63) is 58.5 Å². The van der Waals surface area contributed by atoms with E-state index in [0.717, 1.165) is 27.9 Å². The van der Waals surface area contributed by atoms with Crippen molar-refractivity contribution in [1.29, 1.82) is 0 Å². The molecular formula is C19H25N3O2S. The predicted molar refractivity (Wildman–Crippen MR) is 105 cm³/mol. The van der Waals surface area contributed by atoms with Gasteiger partial charge in [0.2, 0.25) is 0 Å². The fourth-order valence-electron chi connectivity index (χ4n) is 2.29. The van der Waals surface area contributed by atoms with Gasteiger partial charge < -0.3 is 14.8 Å². The van der Waals surface area contributed by atoms with Gasteiger partial charge in [-0.25, -0.2) is 4.98 Å². The Bertz CT molecular complexity index is 727. The highest BCUT2D eigenvalue weighted by atomic mass is 32.1. The highest BCUT2D eigenvalue weighted by Crippen LogP contribution is 2.21. The van der Waals surface area contributed by atoms with Gasteiger partial charge in [0.1, 0.15) is 11.5 Å². The zero-order valence-corrected chi connectivity index (χ0v) is 16.1. The predicted octanol–water partition coefficient (Wildman–Crippen LogP) is 4.33. The van der Waals surface area contributed by atoms with Crippen LogP contribution in [0.25, 0.3) is 0 Å². The molecule has 2 rings (SSSR count). The summed E-state index contributed by atoms with van der Waals surface area (Å²) in [6.45, 7) is 6.12. The third-order valence-electron chi connectivity index (χ3n) is 3.43. The third kappa shape index (κ3) is 5.60. The Balaban J connectivity index is 2.22. The van der Waals surface area contributed by atoms with Gasteiger partial charge in [0, 0.05) is 23.2 Å². The molecule has 5 nitrogen and oxygen atoms in total. The number of aromatic nitrogens is 1. The second kappa shape index (κ2) is 9.22. The molecule has 1 atom stereocenters. The molecule has 1 unspecified atom stereocenters. The number of nitrogens with zero attached hydrogens (tertiary/aromatic N) is 2. The topological polar surface area (TPSA) is 55.7 Å². The van der Waals surface area contributed by atoms with Crippen LogP contribution in [0.4, 0.5) is 5.13 Å². The molecule has 6 heteroatoms. The minimum Gasteiger partial charge on any atom is -0.497 e. The van der Waals surface area contributed by atoms with Crippen LogP contribution >= 0.6 is 11.3 Å². The summed E-state index contributed by atoms with van der Waals surface area (Å²) in [5.41, 5.74) is 1.81. The van der Waals surface area contributed by atoms with E-state index < -0.39 is 0 Å². The van der Waals surface area contributed by atoms with Crippen LogP contribution in [0.2, 0.25) is 0 Å². The Morgan fingerprint density at radius 1 is 1.32 bits per heavy atom. The van der Waals surface area contributed by atoms with Gasteiger partial charge in [-0.3, -0.25) is 4.99 Å². The summed E-state index contributed by atoms with van der Waals surface area (Å²) < 4.78 is 10.8. The van der Waals surface area contributed by atoms with Gasteiger partial charge in [0.15, 0.2) is 5.13 Å². The van der Waals surface area contributed by atoms with Crippen molar-refractivity contribution in [3.63, 3.8) is 0 Å². The first-order valence-corrected chi connectivity index (χ1v) is 9.05. The maximum Gasteiger partial charge on any atom is 0.183 e. The quantitative estimate of drug-likeness (QED) is 0.582. The van der Waals surface area contributed by atoms with Gasteiger partial charge in [-0.15, -0.1) is 11.3 Å². The number of ether oxygens (including phenoxy) is 2. The normalized spacial score (nSPS) is 18.2. The molecule has 0 radical (unpaired) electrons. The van der Waals surface area contributed by atoms with Gasteiger partial charge in [0.25, 0.3) is 0 Å². The number of methoxy groups -OCH3 is 2. The zero-order chi connectivity index (χ0) is 18.2. The number of hydrogen-bond acceptors (Lipinski definition) is 6. The molecule has 25 heavy (non-hydrogen) atoms. The van der Waals surface area contributed by atoms with Crippen LogP contribution in [-0.2, 0) is 9.47 Å². The molecule has 1 heterocycles. The molecule has 1 N–H and O–H groups in total. The lowest BCUT2D eigenvalue weighted by Crippen LogP contribution is -2.09. The molecule has 1 aliphatic carbocycles. The van der Waals surface area contributed by atoms with Crippen LogP contribution in [0.15, 0.2) is 57.8 Å². The first-order valence-electron chi connectivity index (χ1n) is 8.17. The minimum atomic E-state index is -0.159. The fraction of sp³-hybridized carbons (Fsp3) is 0.368. The van der Waals surface area contributed by atoms with E-state index in [1.54, 1.807) is 31.8 Å². The number of rotatable bonds is 7. The first-order chi connectivity index (χ1) is 12.0. The number of nitrogens with one attached hydrogen (secondary N) is 1. The van der Waals surface area contributed by atoms with E-state index in [2.05, 4.69) is 29.1 Å². The SMILES string of the molecule is C/C=C(/OC)C1=CC(N=Cc2csc(NC(C)C)n2)C=C(OC)C=C1. The second-order valence-corrected chi connectivity index (χ2v) is 6.59. The Kier molecular flexibility index (Phi) is 7.01. The van der Waals surface area contributed by atoms with E-state index in [4.69, 9.17) is 9.47 Å². The lowest BCUT2D eigenvalue weighted by Gasteiger charge is -2.07. The number of thiazole rings is 1. The Morgan fingerprint density at radius 2 is 2.12 bits per heavy atom. The second-order valence-electron chi connectivity index (χ2n) is 5.73. The van der Waals surface area contributed by atoms with Crippen molar-refractivity contribution in [2.75, 3.05) is 19.5 Å². The van der Waals surface area contributed by atoms with Crippen molar-refractivity contribution in [2.24, 2.45) is 4.99 Å². The molecule has 0 bridgehead atoms. The van der Waals surface area contributed by atoms with Crippen LogP contribution in [0.5, 0.6) is 0 Å². The van der Waals surface area contributed by atoms with Crippen LogP contribution in [-0.4, -0.2) is 37.5 Å². The number of anilines is 1. The summed E-state index contributed by atoms with van der Waals surface area (Å²) >= 11 is 1.58. The highest BCUT2D eigenvalue weighted by Gasteiger charge is 2.11. The molecule has 0 aliphatic heterocycles. The summed E-state index contributed by atoms with van der Waals surface area (Å²) in [4.78, 5) is 9.16. The summed E-state index contributed by atoms with van der Waals surface area (Å²) in [6.07, 6.45) is 11.6. The molecule has 1 aromatic heterocycles. The third-order valence-corrected chi connectivity index (χ3v) is 4.22. The first kappa shape index (κ1) is 19.0. The Hall–Kier alpha value is -2.34. The van der Waals surface area contributed by atoms with Crippen LogP contribution in [0, 0.1) is 0 Å². The largest absolute Gasteiger partial charge is 0.497 e. The highest BCUT2D eigenvalue weighted by molar-refractivity contribution is 7.13. The van der Waals surface area contributed by atoms with Crippen molar-refractivity contribution in [2.45, 2.75) is 32.9 Å². The molecular weight excluding hydrogens is 334 g/mol. The van der Waals surface area contributed by atoms with E-state index in [-0.39, 0.29) is 6.04 Å². The molecule has 0 saturated heterocycles. The van der Waals surface area contributed by atoms with Gasteiger partial charge in [0.05, 0.1) is 26.0 Å². The number of aliphatic imine (C=N–C) groups is 1. The van der Waals surface area contributed by atoms with E-state index in [9.17, 15) is 0 Å². The van der Waals surface area contributed by atoms with Gasteiger partial charge in [-0.1, -0.05) is 0 Å². The van der Waals surface area contributed by atoms with E-state index >= 15 is 0 Å². The van der Waals surface area contributed by atoms with Gasteiger partial charge >= 0.3 is 0 Å². The Labute approximate surface area is 153 Å². The van der Waals surface area contributed by atoms with Crippen LogP contribution in [0.3, 0.4) is 0 Å². The molecule has 0 saturated carbocycles. The van der Waals surface area contributed by atoms with Crippen molar-refractivity contribution < 1.29 is 9.47 Å². The molecule has 134 valence electrons. The van der Waals surface area contributed by atoms with Crippen molar-refractivity contribution in [1.82, 2.24) is 4.98 Å². The summed E-state index contributed by atoms with van der Waals surface area (Å²) in [6, 6.07) is 0.197. The number of allylic oxidation sites excluding steroid dienone is 3. The van der Waals surface area contributed by atoms with Crippen LogP contribution < -0.4 is 5.32 Å². The smallest absolute Gasteiger partial charge is 0.183 e. The summed E-state index contributed by atoms with van der Waals surface area (Å²) in [5.74, 6) is 1.57. The van der Waals surface area contributed by atoms with Gasteiger partial charge in [-0.2, -0.15) is 0 Å². The van der Waals surface area contributed by atoms with E-state index in [0.29, 0.717) is 6.04 Å². The Morgan fingerprint density at radius 3 is 2.76 bits per heavy atom. The summed E-state index contributed by atoms with van der Waals surface area (Å²) in [5, 5.41) is 6.18. The zero-order valence-electron chi connectivity index (χ0n) is 15.3. The molecule has 0 fully saturated rings. The summed E-state index contributed by atoms with van der Waals surface area (Å²) in [7, 11) is 3.31. The average Bonchev–Trinajstić information content (AvgIpc) is 2.92. The van der Waals surface area contributed by atoms with Crippen molar-refractivity contribution >= 4 is 22.7 Å². The lowest BCUT2D eigenvalue weighted by molar-refractivity contribution is 0.301. The maximum atomic E-state index is 5.42. The average molecular weight is 359 g/mol. The van der Waals surface area contributed by atoms with E-state index in [1.165, 1.54) is 0 Å². The molecule has 0 spiro atoms. The molecule has 0 amide bonds. The van der Waals surface area contributed by atoms with Crippen molar-refractivity contribution in [3.8, 4) is 0 Å². The molecule has 0 aromatic carbocycles. The maximum absolute atomic E-state index is 5.42. The van der Waals surface area contributed by atoms with Gasteiger partial charge in [-0.05, 0) is 51.2 Å². The minimum absolute atomic E-state index is 0.159. The monoisotopic (exact) mass is 359 g/mol. The fourth-order valence-corrected chi connectivity index (χ4v) is 3.10. The lowest BCUT2D eigenvalue weighted by atomic mass is 10.1. The molecule has 1 aromatic rings. The van der Waals surface area contributed by atoms with E-state index in [1.807, 2.05) is 42.7 Å². The molecule has 1 aliphatic rings. The number of hydrogen-bond donors (Lipinski definition) is 1. The van der Waals surface area contributed by atoms with Crippen LogP contribution in [0.1, 0.15) is 26.5 Å².